The monoisotopic (exact) mass is 753 g/mol. The molecule has 0 bridgehead atoms. The van der Waals surface area contributed by atoms with Crippen LogP contribution in [0.3, 0.4) is 0 Å². The smallest absolute Gasteiger partial charge is 1.00 e. The first-order valence-electron chi connectivity index (χ1n) is 12.0. The van der Waals surface area contributed by atoms with Crippen molar-refractivity contribution in [2.45, 2.75) is 62.3 Å². The van der Waals surface area contributed by atoms with Crippen molar-refractivity contribution in [1.82, 2.24) is 0 Å². The molecule has 0 aliphatic heterocycles. The maximum absolute atomic E-state index is 10.7. The Hall–Kier alpha value is 0.443. The van der Waals surface area contributed by atoms with E-state index < -0.39 is 7.81 Å². The molecule has 39 heavy (non-hydrogen) atoms. The zero-order chi connectivity index (χ0) is 29.9. The van der Waals surface area contributed by atoms with E-state index in [0.29, 0.717) is 0 Å². The average molecular weight is 752 g/mol. The van der Waals surface area contributed by atoms with E-state index in [1.165, 1.54) is 58.6 Å². The number of halogens is 6. The largest absolute Gasteiger partial charge is 2.00 e. The van der Waals surface area contributed by atoms with Crippen molar-refractivity contribution in [3.8, 4) is 0 Å². The SMILES string of the molecule is C[CH-][P@@](CC)CCN=CC=NCCP(CC)CC.Cc1c(C)c(C)[c-](C)c1C.F[P-](F)(F)(F)(F)F.[C-]#[O+].[Fe+2].[Ru+]. The van der Waals surface area contributed by atoms with Crippen molar-refractivity contribution in [1.29, 1.82) is 0 Å². The molecule has 0 N–H and O–H groups in total. The molecular weight excluding hydrogens is 708 g/mol. The van der Waals surface area contributed by atoms with Gasteiger partial charge >= 0.3 is 80.8 Å². The fourth-order valence-electron chi connectivity index (χ4n) is 3.04. The van der Waals surface area contributed by atoms with Crippen molar-refractivity contribution in [3.05, 3.63) is 40.6 Å². The summed E-state index contributed by atoms with van der Waals surface area (Å²) < 4.78 is 66.7. The topological polar surface area (TPSA) is 44.6 Å². The Morgan fingerprint density at radius 3 is 1.38 bits per heavy atom. The number of hydrogen-bond donors (Lipinski definition) is 0. The summed E-state index contributed by atoms with van der Waals surface area (Å²) in [6, 6.07) is 0. The number of aliphatic imine (C=N–C) groups is 2. The van der Waals surface area contributed by atoms with Gasteiger partial charge in [-0.2, -0.15) is 34.7 Å². The molecule has 1 aromatic carbocycles. The van der Waals surface area contributed by atoms with E-state index in [1.54, 1.807) is 0 Å². The van der Waals surface area contributed by atoms with Crippen LogP contribution in [0.15, 0.2) is 9.98 Å². The van der Waals surface area contributed by atoms with Crippen LogP contribution in [0, 0.1) is 47.4 Å². The van der Waals surface area contributed by atoms with Gasteiger partial charge in [0.25, 0.3) is 0 Å². The van der Waals surface area contributed by atoms with Gasteiger partial charge in [-0.1, -0.05) is 61.6 Å². The van der Waals surface area contributed by atoms with Crippen molar-refractivity contribution in [2.75, 3.05) is 43.9 Å². The van der Waals surface area contributed by atoms with E-state index in [9.17, 15) is 25.2 Å². The summed E-state index contributed by atoms with van der Waals surface area (Å²) >= 11 is 0. The third-order valence-electron chi connectivity index (χ3n) is 5.82. The molecule has 0 amide bonds. The Kier molecular flexibility index (Phi) is 28.9. The molecule has 233 valence electrons. The van der Waals surface area contributed by atoms with Crippen LogP contribution in [0.2, 0.25) is 0 Å². The second-order valence-electron chi connectivity index (χ2n) is 8.11. The molecule has 0 spiro atoms. The van der Waals surface area contributed by atoms with Gasteiger partial charge in [-0.3, -0.25) is 17.9 Å². The van der Waals surface area contributed by atoms with Crippen LogP contribution in [-0.4, -0.2) is 56.3 Å². The zero-order valence-corrected chi connectivity index (χ0v) is 29.8. The van der Waals surface area contributed by atoms with E-state index in [4.69, 9.17) is 4.65 Å². The maximum atomic E-state index is 9.87. The zero-order valence-electron chi connectivity index (χ0n) is 24.3. The fraction of sp³-hybridized carbons (Fsp3) is 0.640. The molecule has 0 saturated carbocycles. The minimum atomic E-state index is -10.7. The Labute approximate surface area is 258 Å². The second-order valence-corrected chi connectivity index (χ2v) is 15.9. The summed E-state index contributed by atoms with van der Waals surface area (Å²) in [7, 11) is -10.3. The molecule has 0 fully saturated rings. The standard InChI is InChI=1S/C14H29N2P2.C10H15.CO.F6P.Fe.Ru/c1-5-17(6-2)13-11-15-9-10-16-12-14-18(7-3)8-4;1-6-7(2)9(4)10(5)8(6)3;1-2;1-7(2,3,4,5)6;;/h5,9-10H,6-8,11-14H2,1-4H3;1-5H3;;;;/q2*-1;;-1;+2;+1/t17-;;;;;/m0...../s1. The quantitative estimate of drug-likeness (QED) is 0.0540. The molecule has 0 unspecified atom stereocenters. The normalized spacial score (nSPS) is 13.4. The van der Waals surface area contributed by atoms with Gasteiger partial charge in [-0.15, -0.1) is 7.92 Å². The molecule has 1 atom stereocenters. The molecular formula is C25H44F6FeN2OP3Ru. The Bertz CT molecular complexity index is 725. The summed E-state index contributed by atoms with van der Waals surface area (Å²) in [6.45, 7) is 26.4. The predicted molar refractivity (Wildman–Crippen MR) is 155 cm³/mol. The van der Waals surface area contributed by atoms with Gasteiger partial charge in [0, 0.05) is 25.5 Å². The van der Waals surface area contributed by atoms with Crippen LogP contribution in [0.1, 0.15) is 55.5 Å². The third-order valence-corrected chi connectivity index (χ3v) is 10.8. The van der Waals surface area contributed by atoms with Crippen LogP contribution < -0.4 is 0 Å². The predicted octanol–water partition coefficient (Wildman–Crippen LogP) is 10.6. The minimum absolute atomic E-state index is 0. The first-order chi connectivity index (χ1) is 16.8. The van der Waals surface area contributed by atoms with Crippen molar-refractivity contribution in [3.63, 3.8) is 0 Å². The summed E-state index contributed by atoms with van der Waals surface area (Å²) in [5.74, 6) is 0. The molecule has 3 nitrogen and oxygen atoms in total. The van der Waals surface area contributed by atoms with Gasteiger partial charge in [0.1, 0.15) is 0 Å². The first-order valence-corrected chi connectivity index (χ1v) is 17.7. The van der Waals surface area contributed by atoms with Crippen LogP contribution in [0.25, 0.3) is 0 Å². The van der Waals surface area contributed by atoms with Gasteiger partial charge in [-0.25, -0.2) is 0 Å². The first kappa shape index (κ1) is 49.1. The van der Waals surface area contributed by atoms with Gasteiger partial charge in [0.2, 0.25) is 0 Å². The van der Waals surface area contributed by atoms with Gasteiger partial charge in [-0.05, 0) is 24.6 Å². The molecule has 1 rings (SSSR count). The fourth-order valence-corrected chi connectivity index (χ4v) is 5.83. The van der Waals surface area contributed by atoms with Crippen LogP contribution >= 0.6 is 23.7 Å². The summed E-state index contributed by atoms with van der Waals surface area (Å²) in [5, 5.41) is 0. The molecule has 0 heterocycles. The maximum Gasteiger partial charge on any atom is 2.00 e. The molecule has 0 aliphatic rings. The van der Waals surface area contributed by atoms with Gasteiger partial charge in [0.05, 0.1) is 0 Å². The van der Waals surface area contributed by atoms with E-state index >= 15 is 0 Å². The van der Waals surface area contributed by atoms with E-state index in [1.807, 2.05) is 12.4 Å². The van der Waals surface area contributed by atoms with E-state index in [-0.39, 0.29) is 52.4 Å². The number of nitrogens with zero attached hydrogens (tertiary/aromatic N) is 2. The van der Waals surface area contributed by atoms with Gasteiger partial charge < -0.3 is 6.16 Å². The molecule has 14 heteroatoms. The molecule has 1 radical (unpaired) electrons. The molecule has 0 saturated heterocycles. The second kappa shape index (κ2) is 23.0. The average Bonchev–Trinajstić information content (AvgIpc) is 2.98. The van der Waals surface area contributed by atoms with Crippen molar-refractivity contribution in [2.24, 2.45) is 9.98 Å². The Morgan fingerprint density at radius 1 is 0.821 bits per heavy atom. The van der Waals surface area contributed by atoms with Crippen LogP contribution in [0.4, 0.5) is 25.2 Å². The van der Waals surface area contributed by atoms with Crippen molar-refractivity contribution >= 4 is 36.1 Å². The Morgan fingerprint density at radius 2 is 1.15 bits per heavy atom. The van der Waals surface area contributed by atoms with Crippen molar-refractivity contribution < 1.29 is 66.4 Å². The van der Waals surface area contributed by atoms with Crippen LogP contribution in [0.5, 0.6) is 0 Å². The molecule has 0 aromatic heterocycles. The molecule has 0 aliphatic carbocycles. The van der Waals surface area contributed by atoms with E-state index in [0.717, 1.165) is 13.1 Å². The number of rotatable bonds is 11. The summed E-state index contributed by atoms with van der Waals surface area (Å²) in [4.78, 5) is 8.79. The Balaban J connectivity index is -0.000000155. The van der Waals surface area contributed by atoms with Crippen LogP contribution in [-0.2, 0) is 41.2 Å². The third kappa shape index (κ3) is 32.8. The summed E-state index contributed by atoms with van der Waals surface area (Å²) in [5.41, 5.74) is 7.34. The summed E-state index contributed by atoms with van der Waals surface area (Å²) in [6.07, 6.45) is 12.6. The van der Waals surface area contributed by atoms with E-state index in [2.05, 4.69) is 85.1 Å². The minimum Gasteiger partial charge on any atom is 1.00 e. The van der Waals surface area contributed by atoms with Gasteiger partial charge in [0.15, 0.2) is 0 Å². The number of hydrogen-bond acceptors (Lipinski definition) is 2. The molecule has 1 aromatic rings.